The van der Waals surface area contributed by atoms with Crippen molar-refractivity contribution in [2.75, 3.05) is 0 Å². The zero-order chi connectivity index (χ0) is 14.2. The number of nitrogens with one attached hydrogen (secondary N) is 2. The van der Waals surface area contributed by atoms with Crippen molar-refractivity contribution in [3.63, 3.8) is 0 Å². The fraction of sp³-hybridized carbons (Fsp3) is 0.600. The molecule has 0 unspecified atom stereocenters. The van der Waals surface area contributed by atoms with Crippen molar-refractivity contribution < 1.29 is 8.42 Å². The Hall–Kier alpha value is -0.910. The topological polar surface area (TPSA) is 58.2 Å². The van der Waals surface area contributed by atoms with Crippen molar-refractivity contribution in [2.45, 2.75) is 56.1 Å². The van der Waals surface area contributed by atoms with E-state index in [0.29, 0.717) is 16.9 Å². The van der Waals surface area contributed by atoms with Gasteiger partial charge in [-0.1, -0.05) is 19.1 Å². The first-order valence-corrected chi connectivity index (χ1v) is 8.86. The smallest absolute Gasteiger partial charge is 0.240 e. The lowest BCUT2D eigenvalue weighted by molar-refractivity contribution is 0.270. The van der Waals surface area contributed by atoms with Crippen molar-refractivity contribution >= 4 is 10.0 Å². The lowest BCUT2D eigenvalue weighted by atomic mass is 9.83. The molecule has 0 atom stereocenters. The van der Waals surface area contributed by atoms with Gasteiger partial charge in [0.1, 0.15) is 0 Å². The summed E-state index contributed by atoms with van der Waals surface area (Å²) >= 11 is 0. The number of hydrogen-bond acceptors (Lipinski definition) is 3. The first-order chi connectivity index (χ1) is 9.53. The van der Waals surface area contributed by atoms with Crippen LogP contribution in [0.5, 0.6) is 0 Å². The Morgan fingerprint density at radius 3 is 2.30 bits per heavy atom. The maximum atomic E-state index is 12.2. The molecule has 110 valence electrons. The van der Waals surface area contributed by atoms with E-state index in [0.717, 1.165) is 24.9 Å². The molecule has 0 amide bonds. The molecule has 1 aromatic rings. The first kappa shape index (κ1) is 14.0. The second-order valence-corrected chi connectivity index (χ2v) is 7.91. The third kappa shape index (κ3) is 3.40. The molecule has 0 aliphatic heterocycles. The van der Waals surface area contributed by atoms with E-state index in [-0.39, 0.29) is 6.04 Å². The molecule has 2 saturated carbocycles. The van der Waals surface area contributed by atoms with E-state index in [1.54, 1.807) is 12.1 Å². The van der Waals surface area contributed by atoms with Gasteiger partial charge in [0, 0.05) is 18.6 Å². The summed E-state index contributed by atoms with van der Waals surface area (Å²) in [6.07, 6.45) is 4.41. The zero-order valence-electron chi connectivity index (χ0n) is 11.8. The third-order valence-corrected chi connectivity index (χ3v) is 5.64. The van der Waals surface area contributed by atoms with Gasteiger partial charge in [-0.15, -0.1) is 0 Å². The molecule has 4 nitrogen and oxygen atoms in total. The Morgan fingerprint density at radius 2 is 1.75 bits per heavy atom. The summed E-state index contributed by atoms with van der Waals surface area (Å²) in [5.41, 5.74) is 1.13. The van der Waals surface area contributed by atoms with Crippen LogP contribution in [-0.4, -0.2) is 20.5 Å². The highest BCUT2D eigenvalue weighted by Gasteiger charge is 2.29. The summed E-state index contributed by atoms with van der Waals surface area (Å²) in [6, 6.07) is 7.98. The molecule has 2 aliphatic carbocycles. The van der Waals surface area contributed by atoms with Gasteiger partial charge in [0.05, 0.1) is 4.90 Å². The van der Waals surface area contributed by atoms with Gasteiger partial charge >= 0.3 is 0 Å². The predicted octanol–water partition coefficient (Wildman–Crippen LogP) is 2.02. The van der Waals surface area contributed by atoms with E-state index in [1.807, 2.05) is 12.1 Å². The van der Waals surface area contributed by atoms with Crippen LogP contribution in [0.1, 0.15) is 38.2 Å². The molecule has 2 aliphatic rings. The average Bonchev–Trinajstić information content (AvgIpc) is 3.19. The molecule has 5 heteroatoms. The van der Waals surface area contributed by atoms with Gasteiger partial charge < -0.3 is 5.32 Å². The minimum absolute atomic E-state index is 0.117. The standard InChI is InChI=1S/C15H22N2O2S/c1-11-8-14(9-11)17-20(18,19)15-6-2-12(3-7-15)10-16-13-4-5-13/h2-3,6-7,11,13-14,16-17H,4-5,8-10H2,1H3. The summed E-state index contributed by atoms with van der Waals surface area (Å²) in [5, 5.41) is 3.42. The predicted molar refractivity (Wildman–Crippen MR) is 78.8 cm³/mol. The molecule has 2 N–H and O–H groups in total. The van der Waals surface area contributed by atoms with Crippen molar-refractivity contribution in [3.05, 3.63) is 29.8 Å². The largest absolute Gasteiger partial charge is 0.310 e. The molecule has 0 saturated heterocycles. The molecular formula is C15H22N2O2S. The van der Waals surface area contributed by atoms with Crippen molar-refractivity contribution in [1.29, 1.82) is 0 Å². The van der Waals surface area contributed by atoms with Crippen LogP contribution in [0.25, 0.3) is 0 Å². The van der Waals surface area contributed by atoms with E-state index in [2.05, 4.69) is 17.0 Å². The molecule has 2 fully saturated rings. The summed E-state index contributed by atoms with van der Waals surface area (Å²) in [5.74, 6) is 0.638. The fourth-order valence-corrected chi connectivity index (χ4v) is 3.88. The van der Waals surface area contributed by atoms with E-state index in [9.17, 15) is 8.42 Å². The van der Waals surface area contributed by atoms with Crippen LogP contribution in [0.3, 0.4) is 0 Å². The Bertz CT molecular complexity index is 558. The van der Waals surface area contributed by atoms with Crippen LogP contribution < -0.4 is 10.0 Å². The highest BCUT2D eigenvalue weighted by atomic mass is 32.2. The molecule has 3 rings (SSSR count). The summed E-state index contributed by atoms with van der Waals surface area (Å²) < 4.78 is 27.2. The van der Waals surface area contributed by atoms with E-state index >= 15 is 0 Å². The lowest BCUT2D eigenvalue weighted by Gasteiger charge is -2.32. The summed E-state index contributed by atoms with van der Waals surface area (Å²) in [6.45, 7) is 2.96. The summed E-state index contributed by atoms with van der Waals surface area (Å²) in [7, 11) is -3.35. The van der Waals surface area contributed by atoms with Crippen LogP contribution in [0.4, 0.5) is 0 Å². The minimum atomic E-state index is -3.35. The lowest BCUT2D eigenvalue weighted by Crippen LogP contribution is -2.43. The molecule has 20 heavy (non-hydrogen) atoms. The summed E-state index contributed by atoms with van der Waals surface area (Å²) in [4.78, 5) is 0.368. The molecule has 0 bridgehead atoms. The molecule has 0 spiro atoms. The highest BCUT2D eigenvalue weighted by molar-refractivity contribution is 7.89. The molecule has 1 aromatic carbocycles. The molecule has 0 heterocycles. The van der Waals surface area contributed by atoms with Gasteiger partial charge in [0.15, 0.2) is 0 Å². The Kier molecular flexibility index (Phi) is 3.84. The number of benzene rings is 1. The quantitative estimate of drug-likeness (QED) is 0.844. The Labute approximate surface area is 121 Å². The normalized spacial score (nSPS) is 26.2. The average molecular weight is 294 g/mol. The van der Waals surface area contributed by atoms with E-state index in [4.69, 9.17) is 0 Å². The van der Waals surface area contributed by atoms with Crippen LogP contribution in [0.2, 0.25) is 0 Å². The van der Waals surface area contributed by atoms with Gasteiger partial charge in [-0.3, -0.25) is 0 Å². The van der Waals surface area contributed by atoms with Crippen molar-refractivity contribution in [3.8, 4) is 0 Å². The molecular weight excluding hydrogens is 272 g/mol. The van der Waals surface area contributed by atoms with E-state index < -0.39 is 10.0 Å². The number of rotatable bonds is 6. The number of sulfonamides is 1. The molecule has 0 aromatic heterocycles. The Balaban J connectivity index is 1.60. The van der Waals surface area contributed by atoms with Gasteiger partial charge in [0.25, 0.3) is 0 Å². The second-order valence-electron chi connectivity index (χ2n) is 6.19. The maximum Gasteiger partial charge on any atom is 0.240 e. The fourth-order valence-electron chi connectivity index (χ4n) is 2.62. The number of hydrogen-bond donors (Lipinski definition) is 2. The van der Waals surface area contributed by atoms with E-state index in [1.165, 1.54) is 12.8 Å². The van der Waals surface area contributed by atoms with Crippen LogP contribution >= 0.6 is 0 Å². The highest BCUT2D eigenvalue weighted by Crippen LogP contribution is 2.27. The second kappa shape index (κ2) is 5.47. The monoisotopic (exact) mass is 294 g/mol. The van der Waals surface area contributed by atoms with Gasteiger partial charge in [-0.25, -0.2) is 13.1 Å². The SMILES string of the molecule is CC1CC(NS(=O)(=O)c2ccc(CNC3CC3)cc2)C1. The third-order valence-electron chi connectivity index (χ3n) is 4.10. The Morgan fingerprint density at radius 1 is 1.10 bits per heavy atom. The van der Waals surface area contributed by atoms with Crippen molar-refractivity contribution in [1.82, 2.24) is 10.0 Å². The zero-order valence-corrected chi connectivity index (χ0v) is 12.6. The van der Waals surface area contributed by atoms with Gasteiger partial charge in [-0.2, -0.15) is 0 Å². The van der Waals surface area contributed by atoms with Crippen LogP contribution in [-0.2, 0) is 16.6 Å². The minimum Gasteiger partial charge on any atom is -0.310 e. The first-order valence-electron chi connectivity index (χ1n) is 7.37. The van der Waals surface area contributed by atoms with Crippen LogP contribution in [0, 0.1) is 5.92 Å². The maximum absolute atomic E-state index is 12.2. The van der Waals surface area contributed by atoms with Crippen LogP contribution in [0.15, 0.2) is 29.2 Å². The van der Waals surface area contributed by atoms with Crippen molar-refractivity contribution in [2.24, 2.45) is 5.92 Å². The molecule has 0 radical (unpaired) electrons. The van der Waals surface area contributed by atoms with Gasteiger partial charge in [0.2, 0.25) is 10.0 Å². The van der Waals surface area contributed by atoms with Gasteiger partial charge in [-0.05, 0) is 49.3 Å².